The Labute approximate surface area is 221 Å². The smallest absolute Gasteiger partial charge is 0.270 e. The average Bonchev–Trinajstić information content (AvgIpc) is 2.88. The lowest BCUT2D eigenvalue weighted by molar-refractivity contribution is -0.384. The molecule has 4 rings (SSSR count). The molecular formula is C26H25BrFN5O4. The van der Waals surface area contributed by atoms with Gasteiger partial charge in [-0.05, 0) is 70.6 Å². The molecule has 1 N–H and O–H groups in total. The van der Waals surface area contributed by atoms with Crippen LogP contribution in [0.1, 0.15) is 45.0 Å². The van der Waals surface area contributed by atoms with Crippen molar-refractivity contribution >= 4 is 44.8 Å². The molecule has 37 heavy (non-hydrogen) atoms. The number of pyridine rings is 1. The fourth-order valence-electron chi connectivity index (χ4n) is 4.40. The van der Waals surface area contributed by atoms with Gasteiger partial charge in [-0.1, -0.05) is 12.1 Å². The molecule has 2 aromatic carbocycles. The molecule has 0 spiro atoms. The van der Waals surface area contributed by atoms with Crippen LogP contribution in [0.5, 0.6) is 0 Å². The first-order chi connectivity index (χ1) is 17.6. The summed E-state index contributed by atoms with van der Waals surface area (Å²) in [4.78, 5) is 43.3. The lowest BCUT2D eigenvalue weighted by Crippen LogP contribution is -2.38. The number of carbonyl (C=O) groups excluding carboxylic acids is 2. The van der Waals surface area contributed by atoms with Crippen LogP contribution >= 0.6 is 15.9 Å². The zero-order valence-corrected chi connectivity index (χ0v) is 21.9. The summed E-state index contributed by atoms with van der Waals surface area (Å²) in [5.41, 5.74) is 2.22. The third-order valence-electron chi connectivity index (χ3n) is 6.38. The van der Waals surface area contributed by atoms with Crippen molar-refractivity contribution < 1.29 is 18.9 Å². The Morgan fingerprint density at radius 3 is 2.35 bits per heavy atom. The second-order valence-corrected chi connectivity index (χ2v) is 9.78. The van der Waals surface area contributed by atoms with E-state index < -0.39 is 16.8 Å². The van der Waals surface area contributed by atoms with Crippen molar-refractivity contribution in [3.8, 4) is 0 Å². The molecule has 1 saturated heterocycles. The number of nitrogens with one attached hydrogen (secondary N) is 1. The number of hydrogen-bond acceptors (Lipinski definition) is 6. The molecule has 9 nitrogen and oxygen atoms in total. The van der Waals surface area contributed by atoms with E-state index in [9.17, 15) is 24.1 Å². The van der Waals surface area contributed by atoms with Gasteiger partial charge in [-0.2, -0.15) is 4.39 Å². The van der Waals surface area contributed by atoms with Crippen molar-refractivity contribution in [3.63, 3.8) is 0 Å². The molecule has 1 aromatic heterocycles. The van der Waals surface area contributed by atoms with Gasteiger partial charge in [0.15, 0.2) is 0 Å². The molecule has 1 aliphatic heterocycles. The van der Waals surface area contributed by atoms with E-state index in [0.717, 1.165) is 18.4 Å². The van der Waals surface area contributed by atoms with Crippen LogP contribution in [-0.4, -0.2) is 53.8 Å². The van der Waals surface area contributed by atoms with E-state index in [2.05, 4.69) is 26.2 Å². The maximum Gasteiger partial charge on any atom is 0.270 e. The molecule has 0 atom stereocenters. The van der Waals surface area contributed by atoms with Gasteiger partial charge in [-0.25, -0.2) is 4.98 Å². The molecule has 1 aliphatic rings. The number of amides is 2. The molecule has 0 unspecified atom stereocenters. The maximum absolute atomic E-state index is 14.1. The largest absolute Gasteiger partial charge is 0.377 e. The number of carbonyl (C=O) groups is 2. The molecule has 0 radical (unpaired) electrons. The van der Waals surface area contributed by atoms with Crippen molar-refractivity contribution in [2.24, 2.45) is 0 Å². The number of rotatable bonds is 6. The number of anilines is 2. The highest BCUT2D eigenvalue weighted by molar-refractivity contribution is 9.10. The fourth-order valence-corrected chi connectivity index (χ4v) is 4.69. The molecule has 0 saturated carbocycles. The van der Waals surface area contributed by atoms with Crippen LogP contribution in [0.2, 0.25) is 0 Å². The van der Waals surface area contributed by atoms with Crippen molar-refractivity contribution in [3.05, 3.63) is 92.0 Å². The predicted molar refractivity (Wildman–Crippen MR) is 142 cm³/mol. The van der Waals surface area contributed by atoms with E-state index >= 15 is 0 Å². The number of hydrogen-bond donors (Lipinski definition) is 1. The molecule has 0 bridgehead atoms. The normalized spacial score (nSPS) is 13.8. The molecule has 2 heterocycles. The van der Waals surface area contributed by atoms with Gasteiger partial charge in [0.1, 0.15) is 4.60 Å². The number of likely N-dealkylation sites (tertiary alicyclic amines) is 1. The van der Waals surface area contributed by atoms with Gasteiger partial charge in [0.25, 0.3) is 17.5 Å². The minimum atomic E-state index is -0.790. The standard InChI is InChI=1S/C26H25BrFN5O4/c1-31(2)22-9-7-19(33(36)37)15-21(22)25(34)29-18-5-3-16(4-6-18)17-11-13-32(14-12-17)26(35)20-8-10-23(27)30-24(20)28/h3-10,15,17H,11-14H2,1-2H3,(H,29,34). The van der Waals surface area contributed by atoms with E-state index in [1.807, 2.05) is 12.1 Å². The minimum Gasteiger partial charge on any atom is -0.377 e. The summed E-state index contributed by atoms with van der Waals surface area (Å²) in [6.45, 7) is 0.995. The quantitative estimate of drug-likeness (QED) is 0.247. The molecule has 1 fully saturated rings. The number of nitro groups is 1. The van der Waals surface area contributed by atoms with Gasteiger partial charge in [-0.3, -0.25) is 19.7 Å². The third kappa shape index (κ3) is 5.93. The van der Waals surface area contributed by atoms with Gasteiger partial charge >= 0.3 is 0 Å². The molecule has 2 amide bonds. The predicted octanol–water partition coefficient (Wildman–Crippen LogP) is 5.23. The Morgan fingerprint density at radius 1 is 1.08 bits per heavy atom. The number of nitro benzene ring substituents is 1. The Balaban J connectivity index is 1.39. The van der Waals surface area contributed by atoms with Crippen LogP contribution in [0.4, 0.5) is 21.5 Å². The summed E-state index contributed by atoms with van der Waals surface area (Å²) in [5.74, 6) is -1.38. The summed E-state index contributed by atoms with van der Waals surface area (Å²) < 4.78 is 14.4. The summed E-state index contributed by atoms with van der Waals surface area (Å²) in [6, 6.07) is 14.6. The van der Waals surface area contributed by atoms with E-state index in [-0.39, 0.29) is 28.6 Å². The van der Waals surface area contributed by atoms with Crippen LogP contribution in [0.3, 0.4) is 0 Å². The van der Waals surface area contributed by atoms with Gasteiger partial charge in [0.05, 0.1) is 16.1 Å². The number of halogens is 2. The van der Waals surface area contributed by atoms with E-state index in [4.69, 9.17) is 0 Å². The zero-order chi connectivity index (χ0) is 26.7. The van der Waals surface area contributed by atoms with Gasteiger partial charge in [0.2, 0.25) is 5.95 Å². The highest BCUT2D eigenvalue weighted by Crippen LogP contribution is 2.30. The van der Waals surface area contributed by atoms with Crippen LogP contribution in [0.15, 0.2) is 59.2 Å². The second kappa shape index (κ2) is 11.0. The van der Waals surface area contributed by atoms with E-state index in [1.54, 1.807) is 48.2 Å². The first-order valence-electron chi connectivity index (χ1n) is 11.6. The van der Waals surface area contributed by atoms with Gasteiger partial charge < -0.3 is 15.1 Å². The SMILES string of the molecule is CN(C)c1ccc([N+](=O)[O-])cc1C(=O)Nc1ccc(C2CCN(C(=O)c3ccc(Br)nc3F)CC2)cc1. The monoisotopic (exact) mass is 569 g/mol. The van der Waals surface area contributed by atoms with Crippen LogP contribution in [-0.2, 0) is 0 Å². The summed E-state index contributed by atoms with van der Waals surface area (Å²) >= 11 is 3.10. The van der Waals surface area contributed by atoms with E-state index in [0.29, 0.717) is 29.1 Å². The third-order valence-corrected chi connectivity index (χ3v) is 6.83. The molecule has 11 heteroatoms. The molecule has 3 aromatic rings. The number of nitrogens with zero attached hydrogens (tertiary/aromatic N) is 4. The highest BCUT2D eigenvalue weighted by atomic mass is 79.9. The number of benzene rings is 2. The average molecular weight is 570 g/mol. The first kappa shape index (κ1) is 26.2. The number of aromatic nitrogens is 1. The Bertz CT molecular complexity index is 1340. The highest BCUT2D eigenvalue weighted by Gasteiger charge is 2.27. The Morgan fingerprint density at radius 2 is 1.76 bits per heavy atom. The number of piperidine rings is 1. The van der Waals surface area contributed by atoms with E-state index in [1.165, 1.54) is 18.2 Å². The van der Waals surface area contributed by atoms with Crippen LogP contribution < -0.4 is 10.2 Å². The summed E-state index contributed by atoms with van der Waals surface area (Å²) in [5, 5.41) is 14.0. The van der Waals surface area contributed by atoms with Crippen molar-refractivity contribution in [1.82, 2.24) is 9.88 Å². The second-order valence-electron chi connectivity index (χ2n) is 8.97. The van der Waals surface area contributed by atoms with Crippen LogP contribution in [0, 0.1) is 16.1 Å². The van der Waals surface area contributed by atoms with Gasteiger partial charge in [0, 0.05) is 50.7 Å². The summed E-state index contributed by atoms with van der Waals surface area (Å²) in [7, 11) is 3.52. The fraction of sp³-hybridized carbons (Fsp3) is 0.269. The zero-order valence-electron chi connectivity index (χ0n) is 20.3. The van der Waals surface area contributed by atoms with Crippen molar-refractivity contribution in [1.29, 1.82) is 0 Å². The Kier molecular flexibility index (Phi) is 7.82. The lowest BCUT2D eigenvalue weighted by Gasteiger charge is -2.32. The van der Waals surface area contributed by atoms with Gasteiger partial charge in [-0.15, -0.1) is 0 Å². The lowest BCUT2D eigenvalue weighted by atomic mass is 9.89. The topological polar surface area (TPSA) is 109 Å². The molecule has 192 valence electrons. The van der Waals surface area contributed by atoms with Crippen LogP contribution in [0.25, 0.3) is 0 Å². The summed E-state index contributed by atoms with van der Waals surface area (Å²) in [6.07, 6.45) is 1.45. The maximum atomic E-state index is 14.1. The molecular weight excluding hydrogens is 545 g/mol. The number of non-ortho nitro benzene ring substituents is 1. The van der Waals surface area contributed by atoms with Crippen molar-refractivity contribution in [2.45, 2.75) is 18.8 Å². The first-order valence-corrected chi connectivity index (χ1v) is 12.4. The Hall–Kier alpha value is -3.86. The molecule has 0 aliphatic carbocycles. The van der Waals surface area contributed by atoms with Crippen molar-refractivity contribution in [2.75, 3.05) is 37.4 Å². The minimum absolute atomic E-state index is 0.0390.